The predicted molar refractivity (Wildman–Crippen MR) is 97.9 cm³/mol. The summed E-state index contributed by atoms with van der Waals surface area (Å²) in [6.45, 7) is 5.37. The van der Waals surface area contributed by atoms with Gasteiger partial charge in [0.2, 0.25) is 0 Å². The van der Waals surface area contributed by atoms with Crippen molar-refractivity contribution in [2.45, 2.75) is 33.2 Å². The maximum Gasteiger partial charge on any atom is 0.165 e. The van der Waals surface area contributed by atoms with Crippen LogP contribution < -0.4 is 4.74 Å². The molecule has 2 aromatic carbocycles. The number of aryl methyl sites for hydroxylation is 1. The van der Waals surface area contributed by atoms with Gasteiger partial charge in [0.15, 0.2) is 5.78 Å². The molecule has 0 unspecified atom stereocenters. The summed E-state index contributed by atoms with van der Waals surface area (Å²) in [5.41, 5.74) is 3.04. The molecule has 0 saturated carbocycles. The molecule has 0 aliphatic heterocycles. The van der Waals surface area contributed by atoms with E-state index in [0.717, 1.165) is 34.2 Å². The molecule has 124 valence electrons. The van der Waals surface area contributed by atoms with Crippen molar-refractivity contribution in [1.82, 2.24) is 4.57 Å². The number of nitrogens with zero attached hydrogens (tertiary/aromatic N) is 1. The highest BCUT2D eigenvalue weighted by molar-refractivity contribution is 6.08. The molecule has 0 bridgehead atoms. The molecule has 0 spiro atoms. The molecule has 0 amide bonds. The van der Waals surface area contributed by atoms with E-state index in [-0.39, 0.29) is 5.78 Å². The lowest BCUT2D eigenvalue weighted by atomic mass is 10.1. The standard InChI is InChI=1S/C21H23NO2/c1-3-8-20(23)18-15-22(19-11-6-5-10-17(18)19)13-14-24-21-12-7-4-9-16(21)2/h4-7,9-12,15H,3,8,13-14H2,1-2H3. The number of Topliss-reactive ketones (excluding diaryl/α,β-unsaturated/α-hetero) is 1. The first-order valence-electron chi connectivity index (χ1n) is 8.50. The lowest BCUT2D eigenvalue weighted by molar-refractivity contribution is 0.0983. The van der Waals surface area contributed by atoms with Crippen molar-refractivity contribution in [1.29, 1.82) is 0 Å². The van der Waals surface area contributed by atoms with Gasteiger partial charge in [0.25, 0.3) is 0 Å². The fraction of sp³-hybridized carbons (Fsp3) is 0.286. The van der Waals surface area contributed by atoms with Gasteiger partial charge in [-0.3, -0.25) is 4.79 Å². The fourth-order valence-corrected chi connectivity index (χ4v) is 2.99. The Morgan fingerprint density at radius 2 is 1.83 bits per heavy atom. The third-order valence-corrected chi connectivity index (χ3v) is 4.25. The van der Waals surface area contributed by atoms with Gasteiger partial charge in [0.1, 0.15) is 12.4 Å². The maximum atomic E-state index is 12.4. The van der Waals surface area contributed by atoms with Crippen LogP contribution in [-0.2, 0) is 6.54 Å². The first-order valence-corrected chi connectivity index (χ1v) is 8.50. The molecule has 1 aromatic heterocycles. The number of ketones is 1. The highest BCUT2D eigenvalue weighted by Gasteiger charge is 2.14. The number of rotatable bonds is 7. The Labute approximate surface area is 142 Å². The Hall–Kier alpha value is -2.55. The highest BCUT2D eigenvalue weighted by Crippen LogP contribution is 2.23. The van der Waals surface area contributed by atoms with Gasteiger partial charge in [-0.05, 0) is 31.0 Å². The minimum atomic E-state index is 0.215. The van der Waals surface area contributed by atoms with E-state index in [4.69, 9.17) is 4.74 Å². The summed E-state index contributed by atoms with van der Waals surface area (Å²) >= 11 is 0. The largest absolute Gasteiger partial charge is 0.491 e. The monoisotopic (exact) mass is 321 g/mol. The van der Waals surface area contributed by atoms with Crippen molar-refractivity contribution in [2.75, 3.05) is 6.61 Å². The van der Waals surface area contributed by atoms with Crippen LogP contribution in [0.5, 0.6) is 5.75 Å². The van der Waals surface area contributed by atoms with Crippen LogP contribution in [0.15, 0.2) is 54.7 Å². The Bertz CT molecular complexity index is 848. The van der Waals surface area contributed by atoms with Crippen LogP contribution in [0.1, 0.15) is 35.7 Å². The van der Waals surface area contributed by atoms with Crippen LogP contribution in [-0.4, -0.2) is 17.0 Å². The number of para-hydroxylation sites is 2. The molecule has 0 N–H and O–H groups in total. The van der Waals surface area contributed by atoms with Crippen molar-refractivity contribution in [3.63, 3.8) is 0 Å². The molecule has 0 fully saturated rings. The van der Waals surface area contributed by atoms with E-state index >= 15 is 0 Å². The second-order valence-electron chi connectivity index (χ2n) is 6.04. The Kier molecular flexibility index (Phi) is 4.99. The molecule has 3 rings (SSSR count). The van der Waals surface area contributed by atoms with Crippen molar-refractivity contribution < 1.29 is 9.53 Å². The Morgan fingerprint density at radius 3 is 2.62 bits per heavy atom. The molecule has 1 heterocycles. The molecular formula is C21H23NO2. The summed E-state index contributed by atoms with van der Waals surface area (Å²) < 4.78 is 8.02. The number of benzene rings is 2. The summed E-state index contributed by atoms with van der Waals surface area (Å²) in [5.74, 6) is 1.13. The molecule has 3 heteroatoms. The number of aromatic nitrogens is 1. The van der Waals surface area contributed by atoms with Gasteiger partial charge >= 0.3 is 0 Å². The smallest absolute Gasteiger partial charge is 0.165 e. The number of carbonyl (C=O) groups excluding carboxylic acids is 1. The van der Waals surface area contributed by atoms with E-state index in [1.54, 1.807) is 0 Å². The van der Waals surface area contributed by atoms with Gasteiger partial charge in [0, 0.05) is 29.1 Å². The van der Waals surface area contributed by atoms with E-state index < -0.39 is 0 Å². The van der Waals surface area contributed by atoms with Crippen molar-refractivity contribution in [3.8, 4) is 5.75 Å². The van der Waals surface area contributed by atoms with Crippen LogP contribution >= 0.6 is 0 Å². The van der Waals surface area contributed by atoms with Gasteiger partial charge in [-0.15, -0.1) is 0 Å². The normalized spacial score (nSPS) is 10.9. The topological polar surface area (TPSA) is 31.2 Å². The van der Waals surface area contributed by atoms with Gasteiger partial charge < -0.3 is 9.30 Å². The lowest BCUT2D eigenvalue weighted by Gasteiger charge is -2.10. The summed E-state index contributed by atoms with van der Waals surface area (Å²) in [6.07, 6.45) is 3.44. The number of fused-ring (bicyclic) bond motifs is 1. The van der Waals surface area contributed by atoms with Gasteiger partial charge in [-0.25, -0.2) is 0 Å². The second kappa shape index (κ2) is 7.35. The van der Waals surface area contributed by atoms with E-state index in [0.29, 0.717) is 19.6 Å². The lowest BCUT2D eigenvalue weighted by Crippen LogP contribution is -2.08. The van der Waals surface area contributed by atoms with E-state index in [1.807, 2.05) is 62.5 Å². The van der Waals surface area contributed by atoms with Crippen molar-refractivity contribution in [3.05, 3.63) is 65.9 Å². The first-order chi connectivity index (χ1) is 11.7. The zero-order valence-electron chi connectivity index (χ0n) is 14.3. The van der Waals surface area contributed by atoms with Crippen molar-refractivity contribution >= 4 is 16.7 Å². The SMILES string of the molecule is CCCC(=O)c1cn(CCOc2ccccc2C)c2ccccc12. The highest BCUT2D eigenvalue weighted by atomic mass is 16.5. The molecular weight excluding hydrogens is 298 g/mol. The molecule has 0 saturated heterocycles. The molecule has 0 atom stereocenters. The van der Waals surface area contributed by atoms with Gasteiger partial charge in [-0.1, -0.05) is 43.3 Å². The number of hydrogen-bond acceptors (Lipinski definition) is 2. The Balaban J connectivity index is 1.79. The number of hydrogen-bond donors (Lipinski definition) is 0. The summed E-state index contributed by atoms with van der Waals surface area (Å²) in [4.78, 5) is 12.4. The molecule has 3 nitrogen and oxygen atoms in total. The van der Waals surface area contributed by atoms with Gasteiger partial charge in [-0.2, -0.15) is 0 Å². The molecule has 0 aliphatic rings. The third-order valence-electron chi connectivity index (χ3n) is 4.25. The number of carbonyl (C=O) groups is 1. The zero-order chi connectivity index (χ0) is 16.9. The van der Waals surface area contributed by atoms with Gasteiger partial charge in [0.05, 0.1) is 6.54 Å². The average Bonchev–Trinajstić information content (AvgIpc) is 2.96. The quantitative estimate of drug-likeness (QED) is 0.573. The molecule has 0 aliphatic carbocycles. The van der Waals surface area contributed by atoms with Crippen LogP contribution in [0.4, 0.5) is 0 Å². The van der Waals surface area contributed by atoms with E-state index in [9.17, 15) is 4.79 Å². The van der Waals surface area contributed by atoms with Crippen LogP contribution in [0.2, 0.25) is 0 Å². The first kappa shape index (κ1) is 16.3. The zero-order valence-corrected chi connectivity index (χ0v) is 14.3. The minimum Gasteiger partial charge on any atom is -0.491 e. The fourth-order valence-electron chi connectivity index (χ4n) is 2.99. The summed E-state index contributed by atoms with van der Waals surface area (Å²) in [7, 11) is 0. The number of ether oxygens (including phenoxy) is 1. The molecule has 24 heavy (non-hydrogen) atoms. The summed E-state index contributed by atoms with van der Waals surface area (Å²) in [5, 5.41) is 1.03. The van der Waals surface area contributed by atoms with Crippen molar-refractivity contribution in [2.24, 2.45) is 0 Å². The third kappa shape index (κ3) is 3.35. The van der Waals surface area contributed by atoms with Crippen LogP contribution in [0, 0.1) is 6.92 Å². The Morgan fingerprint density at radius 1 is 1.08 bits per heavy atom. The van der Waals surface area contributed by atoms with Crippen LogP contribution in [0.3, 0.4) is 0 Å². The maximum absolute atomic E-state index is 12.4. The van der Waals surface area contributed by atoms with E-state index in [1.165, 1.54) is 0 Å². The predicted octanol–water partition coefficient (Wildman–Crippen LogP) is 5.01. The second-order valence-corrected chi connectivity index (χ2v) is 6.04. The average molecular weight is 321 g/mol. The molecule has 0 radical (unpaired) electrons. The summed E-state index contributed by atoms with van der Waals surface area (Å²) in [6, 6.07) is 16.1. The minimum absolute atomic E-state index is 0.215. The van der Waals surface area contributed by atoms with E-state index in [2.05, 4.69) is 10.6 Å². The van der Waals surface area contributed by atoms with Crippen LogP contribution in [0.25, 0.3) is 10.9 Å². The molecule has 3 aromatic rings.